The quantitative estimate of drug-likeness (QED) is 0.642. The summed E-state index contributed by atoms with van der Waals surface area (Å²) in [5, 5.41) is 4.22. The zero-order chi connectivity index (χ0) is 15.6. The molecule has 2 nitrogen and oxygen atoms in total. The molecule has 2 aromatic rings. The van der Waals surface area contributed by atoms with Crippen LogP contribution in [-0.2, 0) is 13.1 Å². The molecule has 0 aliphatic heterocycles. The van der Waals surface area contributed by atoms with E-state index < -0.39 is 0 Å². The molecule has 0 amide bonds. The highest BCUT2D eigenvalue weighted by atomic mass is 35.5. The van der Waals surface area contributed by atoms with Crippen LogP contribution in [0.2, 0.25) is 5.02 Å². The Bertz CT molecular complexity index is 554. The molecule has 0 saturated heterocycles. The lowest BCUT2D eigenvalue weighted by Crippen LogP contribution is -2.12. The van der Waals surface area contributed by atoms with E-state index >= 15 is 0 Å². The maximum absolute atomic E-state index is 6.14. The summed E-state index contributed by atoms with van der Waals surface area (Å²) in [4.78, 5) is 0. The average Bonchev–Trinajstić information content (AvgIpc) is 2.55. The van der Waals surface area contributed by atoms with Crippen LogP contribution in [-0.4, -0.2) is 6.61 Å². The highest BCUT2D eigenvalue weighted by molar-refractivity contribution is 6.31. The van der Waals surface area contributed by atoms with Crippen molar-refractivity contribution in [2.24, 2.45) is 0 Å². The standard InChI is InChI=1S/C19H24ClNO/c1-2-3-6-13-22-18-11-9-16(10-12-18)14-21-15-17-7-4-5-8-19(17)20/h4-5,7-12,21H,2-3,6,13-15H2,1H3. The molecule has 0 aliphatic rings. The lowest BCUT2D eigenvalue weighted by molar-refractivity contribution is 0.306. The SMILES string of the molecule is CCCCCOc1ccc(CNCc2ccccc2Cl)cc1. The Morgan fingerprint density at radius 2 is 1.73 bits per heavy atom. The maximum atomic E-state index is 6.14. The highest BCUT2D eigenvalue weighted by Gasteiger charge is 1.99. The Morgan fingerprint density at radius 1 is 0.955 bits per heavy atom. The van der Waals surface area contributed by atoms with Gasteiger partial charge in [-0.1, -0.05) is 61.7 Å². The van der Waals surface area contributed by atoms with Crippen LogP contribution in [0.5, 0.6) is 5.75 Å². The molecule has 0 aromatic heterocycles. The molecule has 2 aromatic carbocycles. The first-order chi connectivity index (χ1) is 10.8. The fraction of sp³-hybridized carbons (Fsp3) is 0.368. The number of benzene rings is 2. The monoisotopic (exact) mass is 317 g/mol. The smallest absolute Gasteiger partial charge is 0.119 e. The van der Waals surface area contributed by atoms with Gasteiger partial charge in [0.05, 0.1) is 6.61 Å². The minimum Gasteiger partial charge on any atom is -0.494 e. The second kappa shape index (κ2) is 9.50. The summed E-state index contributed by atoms with van der Waals surface area (Å²) in [6, 6.07) is 16.2. The van der Waals surface area contributed by atoms with Crippen molar-refractivity contribution in [3.05, 3.63) is 64.7 Å². The van der Waals surface area contributed by atoms with Crippen molar-refractivity contribution >= 4 is 11.6 Å². The van der Waals surface area contributed by atoms with Crippen LogP contribution in [0.4, 0.5) is 0 Å². The van der Waals surface area contributed by atoms with Crippen LogP contribution in [0.25, 0.3) is 0 Å². The third kappa shape index (κ3) is 5.70. The minimum atomic E-state index is 0.773. The summed E-state index contributed by atoms with van der Waals surface area (Å²) in [6.07, 6.45) is 3.57. The van der Waals surface area contributed by atoms with Gasteiger partial charge in [0.2, 0.25) is 0 Å². The van der Waals surface area contributed by atoms with Gasteiger partial charge in [0, 0.05) is 18.1 Å². The van der Waals surface area contributed by atoms with Crippen LogP contribution < -0.4 is 10.1 Å². The molecule has 0 atom stereocenters. The molecule has 0 heterocycles. The summed E-state index contributed by atoms with van der Waals surface area (Å²) in [6.45, 7) is 4.60. The van der Waals surface area contributed by atoms with Gasteiger partial charge in [-0.05, 0) is 35.7 Å². The van der Waals surface area contributed by atoms with Crippen molar-refractivity contribution in [2.45, 2.75) is 39.3 Å². The number of rotatable bonds is 9. The predicted molar refractivity (Wildman–Crippen MR) is 93.5 cm³/mol. The molecule has 2 rings (SSSR count). The van der Waals surface area contributed by atoms with Gasteiger partial charge in [-0.2, -0.15) is 0 Å². The molecule has 0 fully saturated rings. The lowest BCUT2D eigenvalue weighted by atomic mass is 10.2. The third-order valence-electron chi connectivity index (χ3n) is 3.54. The fourth-order valence-electron chi connectivity index (χ4n) is 2.23. The van der Waals surface area contributed by atoms with Crippen molar-refractivity contribution in [2.75, 3.05) is 6.61 Å². The highest BCUT2D eigenvalue weighted by Crippen LogP contribution is 2.15. The van der Waals surface area contributed by atoms with Crippen LogP contribution in [0.15, 0.2) is 48.5 Å². The van der Waals surface area contributed by atoms with Crippen molar-refractivity contribution in [1.29, 1.82) is 0 Å². The van der Waals surface area contributed by atoms with Crippen molar-refractivity contribution in [3.8, 4) is 5.75 Å². The van der Waals surface area contributed by atoms with E-state index in [9.17, 15) is 0 Å². The van der Waals surface area contributed by atoms with E-state index in [0.29, 0.717) is 0 Å². The van der Waals surface area contributed by atoms with Gasteiger partial charge in [-0.3, -0.25) is 0 Å². The number of halogens is 1. The average molecular weight is 318 g/mol. The molecule has 0 aliphatic carbocycles. The Labute approximate surface area is 138 Å². The summed E-state index contributed by atoms with van der Waals surface area (Å²) >= 11 is 6.14. The molecule has 1 N–H and O–H groups in total. The molecular weight excluding hydrogens is 294 g/mol. The summed E-state index contributed by atoms with van der Waals surface area (Å²) < 4.78 is 5.71. The first kappa shape index (κ1) is 16.9. The van der Waals surface area contributed by atoms with Gasteiger partial charge >= 0.3 is 0 Å². The molecule has 0 saturated carbocycles. The van der Waals surface area contributed by atoms with Crippen LogP contribution in [0.3, 0.4) is 0 Å². The maximum Gasteiger partial charge on any atom is 0.119 e. The summed E-state index contributed by atoms with van der Waals surface area (Å²) in [5.74, 6) is 0.950. The summed E-state index contributed by atoms with van der Waals surface area (Å²) in [7, 11) is 0. The Kier molecular flexibility index (Phi) is 7.27. The van der Waals surface area contributed by atoms with Crippen molar-refractivity contribution < 1.29 is 4.74 Å². The van der Waals surface area contributed by atoms with E-state index in [1.807, 2.05) is 36.4 Å². The van der Waals surface area contributed by atoms with Crippen LogP contribution in [0.1, 0.15) is 37.3 Å². The van der Waals surface area contributed by atoms with Gasteiger partial charge < -0.3 is 10.1 Å². The molecule has 118 valence electrons. The summed E-state index contributed by atoms with van der Waals surface area (Å²) in [5.41, 5.74) is 2.37. The largest absolute Gasteiger partial charge is 0.494 e. The number of unbranched alkanes of at least 4 members (excludes halogenated alkanes) is 2. The Hall–Kier alpha value is -1.51. The zero-order valence-electron chi connectivity index (χ0n) is 13.1. The molecule has 0 radical (unpaired) electrons. The second-order valence-corrected chi connectivity index (χ2v) is 5.80. The number of hydrogen-bond donors (Lipinski definition) is 1. The molecule has 0 unspecified atom stereocenters. The van der Waals surface area contributed by atoms with Gasteiger partial charge in [-0.15, -0.1) is 0 Å². The zero-order valence-corrected chi connectivity index (χ0v) is 13.9. The molecule has 0 spiro atoms. The lowest BCUT2D eigenvalue weighted by Gasteiger charge is -2.09. The molecule has 22 heavy (non-hydrogen) atoms. The first-order valence-electron chi connectivity index (χ1n) is 7.95. The number of hydrogen-bond acceptors (Lipinski definition) is 2. The first-order valence-corrected chi connectivity index (χ1v) is 8.33. The van der Waals surface area contributed by atoms with E-state index in [1.165, 1.54) is 18.4 Å². The third-order valence-corrected chi connectivity index (χ3v) is 3.91. The van der Waals surface area contributed by atoms with Crippen molar-refractivity contribution in [1.82, 2.24) is 5.32 Å². The molecule has 3 heteroatoms. The van der Waals surface area contributed by atoms with E-state index in [0.717, 1.165) is 42.5 Å². The second-order valence-electron chi connectivity index (χ2n) is 5.39. The Morgan fingerprint density at radius 3 is 2.45 bits per heavy atom. The number of ether oxygens (including phenoxy) is 1. The van der Waals surface area contributed by atoms with Crippen LogP contribution >= 0.6 is 11.6 Å². The van der Waals surface area contributed by atoms with E-state index in [4.69, 9.17) is 16.3 Å². The number of nitrogens with one attached hydrogen (secondary N) is 1. The topological polar surface area (TPSA) is 21.3 Å². The van der Waals surface area contributed by atoms with Gasteiger partial charge in [0.1, 0.15) is 5.75 Å². The predicted octanol–water partition coefficient (Wildman–Crippen LogP) is 5.20. The van der Waals surface area contributed by atoms with E-state index in [1.54, 1.807) is 0 Å². The van der Waals surface area contributed by atoms with E-state index in [2.05, 4.69) is 24.4 Å². The van der Waals surface area contributed by atoms with Crippen LogP contribution in [0, 0.1) is 0 Å². The molecular formula is C19H24ClNO. The fourth-order valence-corrected chi connectivity index (χ4v) is 2.43. The Balaban J connectivity index is 1.73. The normalized spacial score (nSPS) is 10.6. The van der Waals surface area contributed by atoms with Gasteiger partial charge in [0.15, 0.2) is 0 Å². The molecule has 0 bridgehead atoms. The van der Waals surface area contributed by atoms with E-state index in [-0.39, 0.29) is 0 Å². The minimum absolute atomic E-state index is 0.773. The van der Waals surface area contributed by atoms with Gasteiger partial charge in [-0.25, -0.2) is 0 Å². The van der Waals surface area contributed by atoms with Crippen molar-refractivity contribution in [3.63, 3.8) is 0 Å². The van der Waals surface area contributed by atoms with Gasteiger partial charge in [0.25, 0.3) is 0 Å².